The molecule has 0 spiro atoms. The van der Waals surface area contributed by atoms with Crippen molar-refractivity contribution in [3.8, 4) is 0 Å². The van der Waals surface area contributed by atoms with E-state index in [1.807, 2.05) is 0 Å². The van der Waals surface area contributed by atoms with Crippen LogP contribution in [0.5, 0.6) is 0 Å². The van der Waals surface area contributed by atoms with Gasteiger partial charge in [0.2, 0.25) is 0 Å². The Balaban J connectivity index is -0.000000240. The molecule has 18 nitrogen and oxygen atoms in total. The minimum Gasteiger partial charge on any atom is -0.756 e. The molecule has 0 aromatic heterocycles. The zero-order valence-electron chi connectivity index (χ0n) is 16.0. The summed E-state index contributed by atoms with van der Waals surface area (Å²) in [6.45, 7) is 0. The molecule has 1 saturated heterocycles. The molecular weight excluding hydrogens is 564 g/mol. The summed E-state index contributed by atoms with van der Waals surface area (Å²) in [5, 5.41) is 0. The maximum atomic E-state index is 11.0. The first-order chi connectivity index (χ1) is 10.2. The van der Waals surface area contributed by atoms with Gasteiger partial charge in [-0.15, -0.1) is 0 Å². The van der Waals surface area contributed by atoms with Crippen LogP contribution < -0.4 is 175 Å². The van der Waals surface area contributed by atoms with E-state index in [9.17, 15) is 56.8 Å². The molecule has 30 heteroatoms. The first kappa shape index (κ1) is 48.7. The van der Waals surface area contributed by atoms with Crippen LogP contribution in [0.25, 0.3) is 0 Å². The van der Waals surface area contributed by atoms with Crippen LogP contribution in [0.15, 0.2) is 0 Å². The summed E-state index contributed by atoms with van der Waals surface area (Å²) in [5.41, 5.74) is 0. The molecule has 0 amide bonds. The minimum atomic E-state index is -6.56. The van der Waals surface area contributed by atoms with Gasteiger partial charge in [0.25, 0.3) is 46.9 Å². The average molecular weight is 564 g/mol. The topological polar surface area (TPSA) is 296 Å². The van der Waals surface area contributed by atoms with Gasteiger partial charge in [0.05, 0.1) is 0 Å². The van der Waals surface area contributed by atoms with E-state index in [1.54, 1.807) is 0 Å². The largest absolute Gasteiger partial charge is 1.00 e. The number of hydrogen-bond acceptors (Lipinski definition) is 18. The molecule has 0 aliphatic carbocycles. The van der Waals surface area contributed by atoms with Gasteiger partial charge in [-0.3, -0.25) is 27.4 Å². The smallest absolute Gasteiger partial charge is 0.756 e. The van der Waals surface area contributed by atoms with E-state index in [2.05, 4.69) is 25.9 Å². The first-order valence-corrected chi connectivity index (χ1v) is 13.1. The Kier molecular flexibility index (Phi) is 28.1. The molecular formula is Li3Na3O18P6. The van der Waals surface area contributed by atoms with Crippen molar-refractivity contribution in [2.45, 2.75) is 0 Å². The summed E-state index contributed by atoms with van der Waals surface area (Å²) in [4.78, 5) is 65.8. The second kappa shape index (κ2) is 17.3. The Morgan fingerprint density at radius 1 is 0.333 bits per heavy atom. The number of rotatable bonds is 0. The normalized spacial score (nSPS) is 44.2. The standard InChI is InChI=1S/3Li.3Na.H6O18P6/c;;;;;;1-19(2)13-20(3,4)15-22(7,8)17-24(11,12)18-23(9,10)16-21(5,6)14-19/h;;;;;;(H,1,2)(H,3,4)(H,5,6)(H,7,8)(H,9,10)(H,11,12)/q6*+1;/p-6. The van der Waals surface area contributed by atoms with Gasteiger partial charge in [-0.2, -0.15) is 0 Å². The average Bonchev–Trinajstić information content (AvgIpc) is 1.98. The fraction of sp³-hybridized carbons (Fsp3) is 0. The van der Waals surface area contributed by atoms with Crippen molar-refractivity contribution < 1.29 is 228 Å². The Morgan fingerprint density at radius 2 is 0.400 bits per heavy atom. The fourth-order valence-electron chi connectivity index (χ4n) is 0.824. The summed E-state index contributed by atoms with van der Waals surface area (Å²) in [6, 6.07) is 0. The van der Waals surface area contributed by atoms with Crippen molar-refractivity contribution in [3.63, 3.8) is 0 Å². The molecule has 0 aromatic rings. The van der Waals surface area contributed by atoms with Crippen LogP contribution >= 0.6 is 46.9 Å². The van der Waals surface area contributed by atoms with Crippen molar-refractivity contribution >= 4 is 46.9 Å². The zero-order chi connectivity index (χ0) is 19.2. The van der Waals surface area contributed by atoms with Gasteiger partial charge >= 0.3 is 145 Å². The van der Waals surface area contributed by atoms with Gasteiger partial charge in [0.15, 0.2) is 0 Å². The van der Waals surface area contributed by atoms with Crippen LogP contribution in [0.4, 0.5) is 0 Å². The molecule has 0 bridgehead atoms. The van der Waals surface area contributed by atoms with Crippen molar-refractivity contribution in [1.82, 2.24) is 0 Å². The van der Waals surface area contributed by atoms with E-state index in [1.165, 1.54) is 0 Å². The fourth-order valence-corrected chi connectivity index (χ4v) is 9.03. The van der Waals surface area contributed by atoms with Crippen LogP contribution in [0.3, 0.4) is 0 Å². The second-order valence-electron chi connectivity index (χ2n) is 3.17. The quantitative estimate of drug-likeness (QED) is 0.195. The predicted octanol–water partition coefficient (Wildman–Crippen LogP) is -21.1. The van der Waals surface area contributed by atoms with Crippen molar-refractivity contribution in [2.24, 2.45) is 0 Å². The molecule has 0 radical (unpaired) electrons. The van der Waals surface area contributed by atoms with E-state index in [0.29, 0.717) is 0 Å². The van der Waals surface area contributed by atoms with Crippen molar-refractivity contribution in [3.05, 3.63) is 0 Å². The SMILES string of the molecule is O=P1([O-])OP(=O)([O-])OP(=O)([O-])OP(=O)([O-])OP(=O)([O-])OP(=O)([O-])O1.[Li+].[Li+].[Li+].[Na+].[Na+].[Na+]. The zero-order valence-corrected chi connectivity index (χ0v) is 27.4. The molecule has 144 valence electrons. The Labute approximate surface area is 270 Å². The van der Waals surface area contributed by atoms with Gasteiger partial charge in [-0.25, -0.2) is 25.9 Å². The molecule has 0 atom stereocenters. The van der Waals surface area contributed by atoms with Crippen LogP contribution in [0.2, 0.25) is 0 Å². The maximum Gasteiger partial charge on any atom is 1.00 e. The number of phosphoric acid groups is 6. The van der Waals surface area contributed by atoms with Gasteiger partial charge in [-0.05, 0) is 0 Å². The first-order valence-electron chi connectivity index (χ1n) is 4.38. The van der Waals surface area contributed by atoms with E-state index in [4.69, 9.17) is 0 Å². The van der Waals surface area contributed by atoms with Crippen molar-refractivity contribution in [1.29, 1.82) is 0 Å². The summed E-state index contributed by atoms with van der Waals surface area (Å²) in [6.07, 6.45) is 0. The van der Waals surface area contributed by atoms with Gasteiger partial charge in [0.1, 0.15) is 0 Å². The third-order valence-corrected chi connectivity index (χ3v) is 10.8. The van der Waals surface area contributed by atoms with Crippen molar-refractivity contribution in [2.75, 3.05) is 0 Å². The Hall–Kier alpha value is 5.69. The third-order valence-electron chi connectivity index (χ3n) is 1.20. The maximum absolute atomic E-state index is 11.0. The Bertz CT molecular complexity index is 602. The summed E-state index contributed by atoms with van der Waals surface area (Å²) < 4.78 is 83.4. The molecule has 0 saturated carbocycles. The molecule has 1 aliphatic rings. The van der Waals surface area contributed by atoms with E-state index < -0.39 is 46.9 Å². The molecule has 0 unspecified atom stereocenters. The van der Waals surface area contributed by atoms with E-state index in [-0.39, 0.29) is 145 Å². The predicted molar refractivity (Wildman–Crippen MR) is 52.1 cm³/mol. The molecule has 1 rings (SSSR count). The third kappa shape index (κ3) is 20.7. The monoisotopic (exact) mass is 564 g/mol. The van der Waals surface area contributed by atoms with Crippen LogP contribution in [-0.4, -0.2) is 0 Å². The Morgan fingerprint density at radius 3 is 0.467 bits per heavy atom. The van der Waals surface area contributed by atoms with E-state index in [0.717, 1.165) is 0 Å². The molecule has 30 heavy (non-hydrogen) atoms. The van der Waals surface area contributed by atoms with Gasteiger partial charge < -0.3 is 29.4 Å². The molecule has 1 heterocycles. The van der Waals surface area contributed by atoms with Crippen LogP contribution in [0, 0.1) is 0 Å². The van der Waals surface area contributed by atoms with Crippen LogP contribution in [-0.2, 0) is 53.3 Å². The second-order valence-corrected chi connectivity index (χ2v) is 12.5. The summed E-state index contributed by atoms with van der Waals surface area (Å²) >= 11 is 0. The molecule has 1 fully saturated rings. The summed E-state index contributed by atoms with van der Waals surface area (Å²) in [5.74, 6) is 0. The van der Waals surface area contributed by atoms with Crippen LogP contribution in [0.1, 0.15) is 0 Å². The van der Waals surface area contributed by atoms with E-state index >= 15 is 0 Å². The summed E-state index contributed by atoms with van der Waals surface area (Å²) in [7, 11) is -39.3. The minimum absolute atomic E-state index is 0. The molecule has 1 aliphatic heterocycles. The van der Waals surface area contributed by atoms with Gasteiger partial charge in [0, 0.05) is 0 Å². The molecule has 0 aromatic carbocycles. The van der Waals surface area contributed by atoms with Gasteiger partial charge in [-0.1, -0.05) is 0 Å². The number of hydrogen-bond donors (Lipinski definition) is 0. The molecule has 0 N–H and O–H groups in total.